The Morgan fingerprint density at radius 1 is 1.07 bits per heavy atom. The molecular formula is C31H35NO10. The number of carbonyl (C=O) groups excluding carboxylic acids is 3. The minimum Gasteiger partial charge on any atom is -0.507 e. The number of ether oxygens (including phenoxy) is 3. The molecule has 0 aromatic heterocycles. The first-order chi connectivity index (χ1) is 20.1. The minimum atomic E-state index is -2.16. The molecule has 224 valence electrons. The van der Waals surface area contributed by atoms with Crippen LogP contribution in [0.15, 0.2) is 18.2 Å². The summed E-state index contributed by atoms with van der Waals surface area (Å²) in [5.74, 6) is -3.39. The van der Waals surface area contributed by atoms with E-state index in [0.29, 0.717) is 6.42 Å². The lowest BCUT2D eigenvalue weighted by atomic mass is 9.72. The molecule has 11 heteroatoms. The van der Waals surface area contributed by atoms with Gasteiger partial charge in [0.25, 0.3) is 0 Å². The molecule has 6 rings (SSSR count). The van der Waals surface area contributed by atoms with Gasteiger partial charge in [-0.05, 0) is 45.3 Å². The average Bonchev–Trinajstić information content (AvgIpc) is 3.51. The lowest BCUT2D eigenvalue weighted by Crippen LogP contribution is -2.49. The molecular weight excluding hydrogens is 546 g/mol. The summed E-state index contributed by atoms with van der Waals surface area (Å²) in [7, 11) is 1.36. The summed E-state index contributed by atoms with van der Waals surface area (Å²) in [5.41, 5.74) is -3.13. The first-order valence-corrected chi connectivity index (χ1v) is 14.4. The summed E-state index contributed by atoms with van der Waals surface area (Å²) in [6, 6.07) is 4.67. The van der Waals surface area contributed by atoms with Crippen molar-refractivity contribution in [1.82, 2.24) is 4.90 Å². The van der Waals surface area contributed by atoms with E-state index in [9.17, 15) is 34.8 Å². The van der Waals surface area contributed by atoms with Crippen molar-refractivity contribution < 1.29 is 49.0 Å². The number of benzene rings is 2. The SMILES string of the molecule is COc1cccc2c1C(=O)c1c(O)c3c(c(O)c1C2=O)C[C@@](O)(C(=O)CO)C[C@@H]3O[C@H]1C[C@H](N2CCCC2)C[C@H](C)O1. The molecule has 4 aliphatic rings. The van der Waals surface area contributed by atoms with Gasteiger partial charge in [0.2, 0.25) is 5.78 Å². The molecule has 2 aromatic carbocycles. The van der Waals surface area contributed by atoms with E-state index in [1.54, 1.807) is 0 Å². The van der Waals surface area contributed by atoms with E-state index >= 15 is 0 Å². The van der Waals surface area contributed by atoms with E-state index in [1.807, 2.05) is 6.92 Å². The zero-order chi connectivity index (χ0) is 29.9. The van der Waals surface area contributed by atoms with E-state index in [-0.39, 0.29) is 46.6 Å². The van der Waals surface area contributed by atoms with Crippen molar-refractivity contribution in [2.75, 3.05) is 26.8 Å². The number of Topliss-reactive ketones (excluding diaryl/α,β-unsaturated/α-hetero) is 1. The second-order valence-electron chi connectivity index (χ2n) is 11.7. The van der Waals surface area contributed by atoms with Crippen LogP contribution in [-0.2, 0) is 20.7 Å². The Labute approximate surface area is 242 Å². The Morgan fingerprint density at radius 2 is 1.79 bits per heavy atom. The van der Waals surface area contributed by atoms with Crippen molar-refractivity contribution in [3.8, 4) is 17.2 Å². The highest BCUT2D eigenvalue weighted by atomic mass is 16.7. The highest BCUT2D eigenvalue weighted by Crippen LogP contribution is 2.52. The number of aliphatic hydroxyl groups is 2. The van der Waals surface area contributed by atoms with Crippen LogP contribution < -0.4 is 4.74 Å². The Hall–Kier alpha value is -3.35. The molecule has 2 heterocycles. The summed E-state index contributed by atoms with van der Waals surface area (Å²) < 4.78 is 17.8. The summed E-state index contributed by atoms with van der Waals surface area (Å²) in [6.07, 6.45) is 0.540. The zero-order valence-electron chi connectivity index (χ0n) is 23.6. The normalized spacial score (nSPS) is 29.1. The highest BCUT2D eigenvalue weighted by Gasteiger charge is 2.50. The van der Waals surface area contributed by atoms with Crippen molar-refractivity contribution in [2.24, 2.45) is 0 Å². The largest absolute Gasteiger partial charge is 0.507 e. The maximum atomic E-state index is 13.8. The van der Waals surface area contributed by atoms with Crippen LogP contribution in [0.5, 0.6) is 17.2 Å². The molecule has 0 bridgehead atoms. The van der Waals surface area contributed by atoms with Crippen molar-refractivity contribution >= 4 is 17.3 Å². The van der Waals surface area contributed by atoms with Crippen LogP contribution in [0, 0.1) is 0 Å². The van der Waals surface area contributed by atoms with E-state index in [4.69, 9.17) is 14.2 Å². The van der Waals surface area contributed by atoms with Gasteiger partial charge in [0, 0.05) is 42.0 Å². The van der Waals surface area contributed by atoms with Crippen molar-refractivity contribution in [1.29, 1.82) is 0 Å². The van der Waals surface area contributed by atoms with E-state index < -0.39 is 71.0 Å². The predicted octanol–water partition coefficient (Wildman–Crippen LogP) is 2.17. The van der Waals surface area contributed by atoms with Crippen LogP contribution in [0.25, 0.3) is 0 Å². The van der Waals surface area contributed by atoms with Gasteiger partial charge in [-0.3, -0.25) is 14.4 Å². The number of carbonyl (C=O) groups is 3. The Morgan fingerprint density at radius 3 is 2.48 bits per heavy atom. The van der Waals surface area contributed by atoms with Gasteiger partial charge < -0.3 is 39.5 Å². The van der Waals surface area contributed by atoms with Crippen molar-refractivity contribution in [3.05, 3.63) is 51.6 Å². The first-order valence-electron chi connectivity index (χ1n) is 14.4. The molecule has 0 radical (unpaired) electrons. The molecule has 2 saturated heterocycles. The number of ketones is 3. The van der Waals surface area contributed by atoms with Gasteiger partial charge in [0.05, 0.1) is 36.0 Å². The predicted molar refractivity (Wildman–Crippen MR) is 147 cm³/mol. The van der Waals surface area contributed by atoms with Crippen molar-refractivity contribution in [2.45, 2.75) is 75.6 Å². The number of phenolic OH excluding ortho intramolecular Hbond substituents is 2. The number of hydrogen-bond acceptors (Lipinski definition) is 11. The van der Waals surface area contributed by atoms with Gasteiger partial charge in [-0.25, -0.2) is 0 Å². The Bertz CT molecular complexity index is 1460. The molecule has 0 saturated carbocycles. The molecule has 2 aliphatic heterocycles. The first kappa shape index (κ1) is 28.8. The maximum absolute atomic E-state index is 13.8. The molecule has 2 fully saturated rings. The molecule has 11 nitrogen and oxygen atoms in total. The zero-order valence-corrected chi connectivity index (χ0v) is 23.6. The number of aliphatic hydroxyl groups excluding tert-OH is 1. The van der Waals surface area contributed by atoms with Crippen LogP contribution in [0.1, 0.15) is 88.1 Å². The lowest BCUT2D eigenvalue weighted by molar-refractivity contribution is -0.233. The summed E-state index contributed by atoms with van der Waals surface area (Å²) >= 11 is 0. The van der Waals surface area contributed by atoms with E-state index in [1.165, 1.54) is 25.3 Å². The third-order valence-corrected chi connectivity index (χ3v) is 9.16. The second-order valence-corrected chi connectivity index (χ2v) is 11.7. The fraction of sp³-hybridized carbons (Fsp3) is 0.516. The van der Waals surface area contributed by atoms with Crippen LogP contribution in [-0.4, -0.2) is 93.5 Å². The standard InChI is InChI=1S/C31H35NO10/c1-15-10-16(32-8-3-4-9-32)11-22(41-15)42-20-13-31(39,21(34)14-33)12-18-24(20)30(38)26-25(28(18)36)27(35)17-6-5-7-19(40-2)23(17)29(26)37/h5-7,15-16,20,22,33,36,38-39H,3-4,8-14H2,1-2H3/t15-,16+,20-,22-,31-/m0/s1. The lowest BCUT2D eigenvalue weighted by Gasteiger charge is -2.43. The van der Waals surface area contributed by atoms with Crippen LogP contribution in [0.4, 0.5) is 0 Å². The molecule has 0 spiro atoms. The average molecular weight is 582 g/mol. The Balaban J connectivity index is 1.46. The minimum absolute atomic E-state index is 0.000659. The van der Waals surface area contributed by atoms with Gasteiger partial charge in [-0.2, -0.15) is 0 Å². The summed E-state index contributed by atoms with van der Waals surface area (Å²) in [5, 5.41) is 44.2. The molecule has 2 aliphatic carbocycles. The third-order valence-electron chi connectivity index (χ3n) is 9.16. The molecule has 0 unspecified atom stereocenters. The summed E-state index contributed by atoms with van der Waals surface area (Å²) in [6.45, 7) is 2.93. The number of aromatic hydroxyl groups is 2. The monoisotopic (exact) mass is 581 g/mol. The van der Waals surface area contributed by atoms with Gasteiger partial charge in [0.15, 0.2) is 17.9 Å². The van der Waals surface area contributed by atoms with Gasteiger partial charge in [-0.15, -0.1) is 0 Å². The number of phenols is 2. The maximum Gasteiger partial charge on any atom is 0.202 e. The third kappa shape index (κ3) is 4.51. The number of nitrogens with zero attached hydrogens (tertiary/aromatic N) is 1. The van der Waals surface area contributed by atoms with Crippen LogP contribution >= 0.6 is 0 Å². The number of fused-ring (bicyclic) bond motifs is 3. The topological polar surface area (TPSA) is 163 Å². The van der Waals surface area contributed by atoms with Gasteiger partial charge >= 0.3 is 0 Å². The van der Waals surface area contributed by atoms with Crippen LogP contribution in [0.3, 0.4) is 0 Å². The molecule has 5 atom stereocenters. The van der Waals surface area contributed by atoms with Gasteiger partial charge in [-0.1, -0.05) is 12.1 Å². The molecule has 4 N–H and O–H groups in total. The number of likely N-dealkylation sites (tertiary alicyclic amines) is 1. The fourth-order valence-electron chi connectivity index (χ4n) is 7.14. The number of rotatable bonds is 6. The molecule has 0 amide bonds. The van der Waals surface area contributed by atoms with Crippen LogP contribution in [0.2, 0.25) is 0 Å². The van der Waals surface area contributed by atoms with Crippen molar-refractivity contribution in [3.63, 3.8) is 0 Å². The fourth-order valence-corrected chi connectivity index (χ4v) is 7.14. The van der Waals surface area contributed by atoms with E-state index in [2.05, 4.69) is 4.90 Å². The van der Waals surface area contributed by atoms with Gasteiger partial charge in [0.1, 0.15) is 29.5 Å². The number of hydrogen-bond donors (Lipinski definition) is 4. The van der Waals surface area contributed by atoms with E-state index in [0.717, 1.165) is 32.4 Å². The highest BCUT2D eigenvalue weighted by molar-refractivity contribution is 6.31. The number of methoxy groups -OCH3 is 1. The smallest absolute Gasteiger partial charge is 0.202 e. The molecule has 42 heavy (non-hydrogen) atoms. The molecule has 2 aromatic rings. The Kier molecular flexibility index (Phi) is 7.35. The summed E-state index contributed by atoms with van der Waals surface area (Å²) in [4.78, 5) is 42.6. The second kappa shape index (κ2) is 10.7. The quantitative estimate of drug-likeness (QED) is 0.316.